The van der Waals surface area contributed by atoms with Crippen LogP contribution in [-0.4, -0.2) is 24.1 Å². The van der Waals surface area contributed by atoms with Crippen molar-refractivity contribution in [2.24, 2.45) is 0 Å². The molecular formula is C25H19ClN2O5. The van der Waals surface area contributed by atoms with Crippen molar-refractivity contribution in [2.75, 3.05) is 12.4 Å². The highest BCUT2D eigenvalue weighted by molar-refractivity contribution is 6.31. The van der Waals surface area contributed by atoms with Gasteiger partial charge in [-0.05, 0) is 54.1 Å². The Hall–Kier alpha value is -4.28. The number of rotatable bonds is 8. The van der Waals surface area contributed by atoms with Gasteiger partial charge in [-0.1, -0.05) is 35.9 Å². The van der Waals surface area contributed by atoms with Crippen LogP contribution < -0.4 is 14.8 Å². The standard InChI is InChI=1S/C25H19ClN2O5/c1-32-22-11-6-16(13-23(22)33-15-18-4-2-3-5-21(18)26)12-19(14-27)24(29)28-20-9-7-17(8-10-20)25(30)31/h2-13H,15H2,1H3,(H,28,29)(H,30,31)/b19-12+. The molecule has 0 atom stereocenters. The fraction of sp³-hybridized carbons (Fsp3) is 0.0800. The quantitative estimate of drug-likeness (QED) is 0.353. The van der Waals surface area contributed by atoms with Gasteiger partial charge in [-0.2, -0.15) is 5.26 Å². The van der Waals surface area contributed by atoms with Crippen LogP contribution in [-0.2, 0) is 11.4 Å². The number of carboxylic acid groups (broad SMARTS) is 1. The van der Waals surface area contributed by atoms with Crippen molar-refractivity contribution in [2.45, 2.75) is 6.61 Å². The molecule has 0 aromatic heterocycles. The molecule has 7 nitrogen and oxygen atoms in total. The topological polar surface area (TPSA) is 109 Å². The molecule has 0 aliphatic rings. The van der Waals surface area contributed by atoms with Crippen LogP contribution in [0.2, 0.25) is 5.02 Å². The number of carbonyl (C=O) groups excluding carboxylic acids is 1. The van der Waals surface area contributed by atoms with E-state index < -0.39 is 11.9 Å². The van der Waals surface area contributed by atoms with Gasteiger partial charge in [0.1, 0.15) is 18.2 Å². The Bertz CT molecular complexity index is 1250. The molecule has 0 saturated heterocycles. The van der Waals surface area contributed by atoms with E-state index in [1.54, 1.807) is 24.3 Å². The van der Waals surface area contributed by atoms with E-state index in [-0.39, 0.29) is 17.7 Å². The molecule has 0 aliphatic heterocycles. The molecule has 0 aliphatic carbocycles. The number of carbonyl (C=O) groups is 2. The van der Waals surface area contributed by atoms with Crippen LogP contribution in [0, 0.1) is 11.3 Å². The fourth-order valence-electron chi connectivity index (χ4n) is 2.88. The molecule has 3 aromatic carbocycles. The van der Waals surface area contributed by atoms with Crippen LogP contribution in [0.15, 0.2) is 72.3 Å². The van der Waals surface area contributed by atoms with E-state index in [4.69, 9.17) is 26.2 Å². The molecule has 0 saturated carbocycles. The molecule has 3 rings (SSSR count). The van der Waals surface area contributed by atoms with Crippen molar-refractivity contribution in [3.05, 3.63) is 94.0 Å². The SMILES string of the molecule is COc1ccc(/C=C(\C#N)C(=O)Nc2ccc(C(=O)O)cc2)cc1OCc1ccccc1Cl. The molecule has 1 amide bonds. The van der Waals surface area contributed by atoms with Crippen molar-refractivity contribution < 1.29 is 24.2 Å². The van der Waals surface area contributed by atoms with Gasteiger partial charge in [0.15, 0.2) is 11.5 Å². The highest BCUT2D eigenvalue weighted by Gasteiger charge is 2.12. The predicted molar refractivity (Wildman–Crippen MR) is 124 cm³/mol. The lowest BCUT2D eigenvalue weighted by Gasteiger charge is -2.12. The maximum atomic E-state index is 12.5. The molecule has 2 N–H and O–H groups in total. The minimum Gasteiger partial charge on any atom is -0.493 e. The second-order valence-corrected chi connectivity index (χ2v) is 7.20. The molecule has 3 aromatic rings. The number of nitrogens with zero attached hydrogens (tertiary/aromatic N) is 1. The van der Waals surface area contributed by atoms with Gasteiger partial charge in [0.2, 0.25) is 0 Å². The summed E-state index contributed by atoms with van der Waals surface area (Å²) in [5.41, 5.74) is 1.67. The fourth-order valence-corrected chi connectivity index (χ4v) is 3.07. The zero-order valence-corrected chi connectivity index (χ0v) is 18.3. The van der Waals surface area contributed by atoms with Crippen LogP contribution in [0.4, 0.5) is 5.69 Å². The Morgan fingerprint density at radius 2 is 1.82 bits per heavy atom. The average Bonchev–Trinajstić information content (AvgIpc) is 2.82. The van der Waals surface area contributed by atoms with Gasteiger partial charge < -0.3 is 19.9 Å². The zero-order chi connectivity index (χ0) is 23.8. The first-order valence-electron chi connectivity index (χ1n) is 9.72. The molecule has 0 fully saturated rings. The minimum absolute atomic E-state index is 0.0894. The van der Waals surface area contributed by atoms with E-state index in [2.05, 4.69) is 5.32 Å². The first-order chi connectivity index (χ1) is 15.9. The summed E-state index contributed by atoms with van der Waals surface area (Å²) in [4.78, 5) is 23.5. The van der Waals surface area contributed by atoms with E-state index in [0.29, 0.717) is 27.8 Å². The molecule has 0 bridgehead atoms. The van der Waals surface area contributed by atoms with Crippen molar-refractivity contribution in [3.8, 4) is 17.6 Å². The summed E-state index contributed by atoms with van der Waals surface area (Å²) in [5, 5.41) is 21.6. The molecule has 33 heavy (non-hydrogen) atoms. The number of aromatic carboxylic acids is 1. The summed E-state index contributed by atoms with van der Waals surface area (Å²) in [6.07, 6.45) is 1.42. The lowest BCUT2D eigenvalue weighted by molar-refractivity contribution is -0.112. The summed E-state index contributed by atoms with van der Waals surface area (Å²) in [6, 6.07) is 19.8. The van der Waals surface area contributed by atoms with Crippen LogP contribution in [0.1, 0.15) is 21.5 Å². The number of hydrogen-bond acceptors (Lipinski definition) is 5. The summed E-state index contributed by atoms with van der Waals surface area (Å²) < 4.78 is 11.2. The predicted octanol–water partition coefficient (Wildman–Crippen LogP) is 5.17. The number of methoxy groups -OCH3 is 1. The van der Waals surface area contributed by atoms with E-state index in [1.807, 2.05) is 24.3 Å². The summed E-state index contributed by atoms with van der Waals surface area (Å²) in [5.74, 6) is -0.790. The molecule has 166 valence electrons. The number of nitrogens with one attached hydrogen (secondary N) is 1. The average molecular weight is 463 g/mol. The Morgan fingerprint density at radius 3 is 2.45 bits per heavy atom. The maximum Gasteiger partial charge on any atom is 0.335 e. The normalized spacial score (nSPS) is 10.8. The summed E-state index contributed by atoms with van der Waals surface area (Å²) in [7, 11) is 1.51. The maximum absolute atomic E-state index is 12.5. The highest BCUT2D eigenvalue weighted by atomic mass is 35.5. The van der Waals surface area contributed by atoms with Crippen molar-refractivity contribution in [1.29, 1.82) is 5.26 Å². The van der Waals surface area contributed by atoms with Crippen molar-refractivity contribution in [1.82, 2.24) is 0 Å². The third-order valence-corrected chi connectivity index (χ3v) is 4.96. The summed E-state index contributed by atoms with van der Waals surface area (Å²) in [6.45, 7) is 0.209. The van der Waals surface area contributed by atoms with Crippen molar-refractivity contribution >= 4 is 35.2 Å². The molecule has 0 spiro atoms. The number of nitriles is 1. The van der Waals surface area contributed by atoms with E-state index in [0.717, 1.165) is 5.56 Å². The molecule has 0 radical (unpaired) electrons. The number of ether oxygens (including phenoxy) is 2. The Balaban J connectivity index is 1.78. The lowest BCUT2D eigenvalue weighted by Crippen LogP contribution is -2.13. The van der Waals surface area contributed by atoms with Gasteiger partial charge in [-0.25, -0.2) is 4.79 Å². The third kappa shape index (κ3) is 6.12. The molecular weight excluding hydrogens is 444 g/mol. The molecule has 8 heteroatoms. The van der Waals surface area contributed by atoms with Crippen LogP contribution in [0.3, 0.4) is 0 Å². The smallest absolute Gasteiger partial charge is 0.335 e. The van der Waals surface area contributed by atoms with Crippen molar-refractivity contribution in [3.63, 3.8) is 0 Å². The second kappa shape index (κ2) is 10.8. The van der Waals surface area contributed by atoms with Gasteiger partial charge in [0, 0.05) is 16.3 Å². The largest absolute Gasteiger partial charge is 0.493 e. The van der Waals surface area contributed by atoms with Gasteiger partial charge >= 0.3 is 5.97 Å². The Morgan fingerprint density at radius 1 is 1.09 bits per heavy atom. The lowest BCUT2D eigenvalue weighted by atomic mass is 10.1. The van der Waals surface area contributed by atoms with Gasteiger partial charge in [0.05, 0.1) is 12.7 Å². The first kappa shape index (κ1) is 23.4. The number of hydrogen-bond donors (Lipinski definition) is 2. The van der Waals surface area contributed by atoms with Crippen LogP contribution in [0.5, 0.6) is 11.5 Å². The van der Waals surface area contributed by atoms with Gasteiger partial charge in [-0.3, -0.25) is 4.79 Å². The zero-order valence-electron chi connectivity index (χ0n) is 17.5. The second-order valence-electron chi connectivity index (χ2n) is 6.80. The molecule has 0 heterocycles. The highest BCUT2D eigenvalue weighted by Crippen LogP contribution is 2.30. The Labute approximate surface area is 195 Å². The number of anilines is 1. The minimum atomic E-state index is -1.07. The summed E-state index contributed by atoms with van der Waals surface area (Å²) >= 11 is 6.18. The van der Waals surface area contributed by atoms with E-state index >= 15 is 0 Å². The number of carboxylic acids is 1. The van der Waals surface area contributed by atoms with Gasteiger partial charge in [-0.15, -0.1) is 0 Å². The van der Waals surface area contributed by atoms with E-state index in [1.165, 1.54) is 37.5 Å². The third-order valence-electron chi connectivity index (χ3n) is 4.59. The van der Waals surface area contributed by atoms with Crippen LogP contribution >= 0.6 is 11.6 Å². The molecule has 0 unspecified atom stereocenters. The first-order valence-corrected chi connectivity index (χ1v) is 10.1. The number of halogens is 1. The Kier molecular flexibility index (Phi) is 7.68. The van der Waals surface area contributed by atoms with Crippen LogP contribution in [0.25, 0.3) is 6.08 Å². The number of amides is 1. The van der Waals surface area contributed by atoms with E-state index in [9.17, 15) is 14.9 Å². The number of benzene rings is 3. The monoisotopic (exact) mass is 462 g/mol. The van der Waals surface area contributed by atoms with Gasteiger partial charge in [0.25, 0.3) is 5.91 Å².